The van der Waals surface area contributed by atoms with Crippen molar-refractivity contribution in [2.75, 3.05) is 24.2 Å². The van der Waals surface area contributed by atoms with Crippen LogP contribution < -0.4 is 10.6 Å². The zero-order valence-electron chi connectivity index (χ0n) is 15.2. The largest absolute Gasteiger partial charge is 0.372 e. The van der Waals surface area contributed by atoms with Crippen molar-refractivity contribution in [3.8, 4) is 0 Å². The van der Waals surface area contributed by atoms with E-state index >= 15 is 0 Å². The van der Waals surface area contributed by atoms with Gasteiger partial charge in [0.05, 0.1) is 18.0 Å². The van der Waals surface area contributed by atoms with Gasteiger partial charge < -0.3 is 15.0 Å². The topological polar surface area (TPSA) is 96.5 Å². The molecule has 1 fully saturated rings. The van der Waals surface area contributed by atoms with Gasteiger partial charge in [-0.25, -0.2) is 4.79 Å². The van der Waals surface area contributed by atoms with Crippen LogP contribution in [0.3, 0.4) is 0 Å². The molecule has 1 aliphatic heterocycles. The van der Waals surface area contributed by atoms with E-state index in [-0.39, 0.29) is 29.7 Å². The lowest BCUT2D eigenvalue weighted by Crippen LogP contribution is -2.48. The number of nitrogens with zero attached hydrogens (tertiary/aromatic N) is 3. The van der Waals surface area contributed by atoms with Crippen LogP contribution in [0.2, 0.25) is 0 Å². The van der Waals surface area contributed by atoms with Crippen molar-refractivity contribution < 1.29 is 14.3 Å². The van der Waals surface area contributed by atoms with Crippen molar-refractivity contribution in [1.82, 2.24) is 20.4 Å². The van der Waals surface area contributed by atoms with Crippen LogP contribution in [0.25, 0.3) is 0 Å². The summed E-state index contributed by atoms with van der Waals surface area (Å²) in [6, 6.07) is -0.326. The number of carbonyl (C=O) groups excluding carboxylic acids is 2. The fourth-order valence-electron chi connectivity index (χ4n) is 2.38. The SMILES string of the molecule is C[C@@H]1CN(C(=O)CSc2nnc(NC(=O)NC(C)(C)C)s2)C[C@H](C)O1. The molecule has 0 aromatic carbocycles. The minimum Gasteiger partial charge on any atom is -0.372 e. The Balaban J connectivity index is 1.81. The van der Waals surface area contributed by atoms with Crippen molar-refractivity contribution >= 4 is 40.2 Å². The number of urea groups is 1. The van der Waals surface area contributed by atoms with Crippen molar-refractivity contribution in [2.45, 2.75) is 56.7 Å². The number of carbonyl (C=O) groups is 2. The summed E-state index contributed by atoms with van der Waals surface area (Å²) >= 11 is 2.58. The molecule has 2 N–H and O–H groups in total. The van der Waals surface area contributed by atoms with Gasteiger partial charge in [0.25, 0.3) is 0 Å². The molecule has 1 aliphatic rings. The first-order valence-electron chi connectivity index (χ1n) is 8.11. The number of morpholine rings is 1. The molecule has 2 atom stereocenters. The molecule has 3 amide bonds. The molecule has 8 nitrogen and oxygen atoms in total. The van der Waals surface area contributed by atoms with Crippen LogP contribution in [0.1, 0.15) is 34.6 Å². The first-order valence-corrected chi connectivity index (χ1v) is 9.91. The van der Waals surface area contributed by atoms with E-state index in [2.05, 4.69) is 20.8 Å². The van der Waals surface area contributed by atoms with Gasteiger partial charge in [-0.05, 0) is 34.6 Å². The molecule has 1 saturated heterocycles. The van der Waals surface area contributed by atoms with Crippen molar-refractivity contribution in [3.05, 3.63) is 0 Å². The number of amides is 3. The van der Waals surface area contributed by atoms with E-state index in [0.717, 1.165) is 0 Å². The van der Waals surface area contributed by atoms with Crippen molar-refractivity contribution in [2.24, 2.45) is 0 Å². The average Bonchev–Trinajstić information content (AvgIpc) is 2.89. The quantitative estimate of drug-likeness (QED) is 0.607. The van der Waals surface area contributed by atoms with Gasteiger partial charge >= 0.3 is 6.03 Å². The first kappa shape index (κ1) is 19.9. The molecule has 0 spiro atoms. The van der Waals surface area contributed by atoms with E-state index < -0.39 is 0 Å². The van der Waals surface area contributed by atoms with E-state index in [9.17, 15) is 9.59 Å². The Morgan fingerprint density at radius 1 is 1.28 bits per heavy atom. The summed E-state index contributed by atoms with van der Waals surface area (Å²) in [6.07, 6.45) is 0.104. The maximum absolute atomic E-state index is 12.3. The Kier molecular flexibility index (Phi) is 6.64. The second-order valence-electron chi connectivity index (χ2n) is 7.05. The molecular formula is C15H25N5O3S2. The van der Waals surface area contributed by atoms with Gasteiger partial charge in [-0.1, -0.05) is 23.1 Å². The second-order valence-corrected chi connectivity index (χ2v) is 9.25. The molecule has 0 saturated carbocycles. The summed E-state index contributed by atoms with van der Waals surface area (Å²) in [5, 5.41) is 13.8. The average molecular weight is 388 g/mol. The number of hydrogen-bond acceptors (Lipinski definition) is 7. The fraction of sp³-hybridized carbons (Fsp3) is 0.733. The van der Waals surface area contributed by atoms with E-state index in [1.807, 2.05) is 39.5 Å². The highest BCUT2D eigenvalue weighted by atomic mass is 32.2. The van der Waals surface area contributed by atoms with Gasteiger partial charge in [0.15, 0.2) is 4.34 Å². The lowest BCUT2D eigenvalue weighted by atomic mass is 10.1. The Morgan fingerprint density at radius 2 is 1.92 bits per heavy atom. The van der Waals surface area contributed by atoms with Crippen molar-refractivity contribution in [3.63, 3.8) is 0 Å². The number of anilines is 1. The van der Waals surface area contributed by atoms with Crippen LogP contribution in [0.15, 0.2) is 4.34 Å². The summed E-state index contributed by atoms with van der Waals surface area (Å²) in [4.78, 5) is 26.0. The molecule has 2 heterocycles. The molecule has 25 heavy (non-hydrogen) atoms. The smallest absolute Gasteiger partial charge is 0.321 e. The number of rotatable bonds is 4. The number of hydrogen-bond donors (Lipinski definition) is 2. The molecule has 2 rings (SSSR count). The number of ether oxygens (including phenoxy) is 1. The molecule has 140 valence electrons. The summed E-state index contributed by atoms with van der Waals surface area (Å²) in [7, 11) is 0. The zero-order chi connectivity index (χ0) is 18.6. The normalized spacial score (nSPS) is 21.1. The van der Waals surface area contributed by atoms with E-state index in [1.54, 1.807) is 0 Å². The molecular weight excluding hydrogens is 362 g/mol. The molecule has 1 aromatic rings. The van der Waals surface area contributed by atoms with Crippen LogP contribution in [0.5, 0.6) is 0 Å². The maximum atomic E-state index is 12.3. The Labute approximate surface area is 156 Å². The predicted octanol–water partition coefficient (Wildman–Crippen LogP) is 2.19. The Hall–Kier alpha value is -1.39. The monoisotopic (exact) mass is 387 g/mol. The molecule has 0 radical (unpaired) electrons. The van der Waals surface area contributed by atoms with E-state index in [0.29, 0.717) is 28.3 Å². The molecule has 0 bridgehead atoms. The van der Waals surface area contributed by atoms with E-state index in [4.69, 9.17) is 4.74 Å². The molecule has 0 unspecified atom stereocenters. The summed E-state index contributed by atoms with van der Waals surface area (Å²) in [6.45, 7) is 10.8. The molecule has 1 aromatic heterocycles. The fourth-order valence-corrected chi connectivity index (χ4v) is 4.03. The van der Waals surface area contributed by atoms with Crippen LogP contribution in [-0.4, -0.2) is 63.6 Å². The van der Waals surface area contributed by atoms with Gasteiger partial charge in [-0.2, -0.15) is 0 Å². The third-order valence-corrected chi connectivity index (χ3v) is 5.16. The highest BCUT2D eigenvalue weighted by Gasteiger charge is 2.26. The third-order valence-electron chi connectivity index (χ3n) is 3.21. The van der Waals surface area contributed by atoms with Crippen molar-refractivity contribution in [1.29, 1.82) is 0 Å². The number of thioether (sulfide) groups is 1. The highest BCUT2D eigenvalue weighted by Crippen LogP contribution is 2.26. The highest BCUT2D eigenvalue weighted by molar-refractivity contribution is 8.01. The molecule has 10 heteroatoms. The van der Waals surface area contributed by atoms with Crippen LogP contribution in [0, 0.1) is 0 Å². The van der Waals surface area contributed by atoms with Crippen LogP contribution in [-0.2, 0) is 9.53 Å². The summed E-state index contributed by atoms with van der Waals surface area (Å²) < 4.78 is 6.28. The zero-order valence-corrected chi connectivity index (χ0v) is 16.8. The lowest BCUT2D eigenvalue weighted by Gasteiger charge is -2.35. The minimum absolute atomic E-state index is 0.0522. The standard InChI is InChI=1S/C15H25N5O3S2/c1-9-6-20(7-10(2)23-9)11(21)8-24-14-19-18-13(25-14)16-12(22)17-15(3,4)5/h9-10H,6-8H2,1-5H3,(H2,16,17,18,22)/t9-,10+. The van der Waals surface area contributed by atoms with Gasteiger partial charge in [-0.3, -0.25) is 10.1 Å². The van der Waals surface area contributed by atoms with E-state index in [1.165, 1.54) is 23.1 Å². The predicted molar refractivity (Wildman–Crippen MR) is 99.1 cm³/mol. The van der Waals surface area contributed by atoms with Gasteiger partial charge in [0, 0.05) is 18.6 Å². The van der Waals surface area contributed by atoms with Gasteiger partial charge in [0.2, 0.25) is 11.0 Å². The lowest BCUT2D eigenvalue weighted by molar-refractivity contribution is -0.140. The molecule has 0 aliphatic carbocycles. The van der Waals surface area contributed by atoms with Crippen LogP contribution >= 0.6 is 23.1 Å². The minimum atomic E-state index is -0.328. The van der Waals surface area contributed by atoms with Crippen LogP contribution in [0.4, 0.5) is 9.93 Å². The maximum Gasteiger partial charge on any atom is 0.321 e. The Morgan fingerprint density at radius 3 is 2.52 bits per heavy atom. The number of nitrogens with one attached hydrogen (secondary N) is 2. The number of aromatic nitrogens is 2. The second kappa shape index (κ2) is 8.33. The first-order chi connectivity index (χ1) is 11.6. The van der Waals surface area contributed by atoms with Gasteiger partial charge in [0.1, 0.15) is 0 Å². The summed E-state index contributed by atoms with van der Waals surface area (Å²) in [5.74, 6) is 0.351. The van der Waals surface area contributed by atoms with Gasteiger partial charge in [-0.15, -0.1) is 10.2 Å². The summed E-state index contributed by atoms with van der Waals surface area (Å²) in [5.41, 5.74) is -0.328. The third kappa shape index (κ3) is 6.79. The Bertz CT molecular complexity index is 607.